The number of sulfonamides is 1. The molecule has 0 bridgehead atoms. The zero-order chi connectivity index (χ0) is 30.0. The summed E-state index contributed by atoms with van der Waals surface area (Å²) in [6.07, 6.45) is 2.51. The molecule has 1 amide bonds. The van der Waals surface area contributed by atoms with Gasteiger partial charge >= 0.3 is 5.56 Å². The van der Waals surface area contributed by atoms with Gasteiger partial charge in [-0.1, -0.05) is 29.8 Å². The van der Waals surface area contributed by atoms with Gasteiger partial charge in [0.05, 0.1) is 23.8 Å². The molecule has 0 radical (unpaired) electrons. The van der Waals surface area contributed by atoms with E-state index in [4.69, 9.17) is 16.3 Å². The van der Waals surface area contributed by atoms with Gasteiger partial charge in [-0.05, 0) is 59.7 Å². The Bertz CT molecular complexity index is 1790. The number of piperazine rings is 1. The van der Waals surface area contributed by atoms with Crippen LogP contribution in [0.5, 0.6) is 11.5 Å². The number of rotatable bonds is 7. The van der Waals surface area contributed by atoms with Gasteiger partial charge in [0.15, 0.2) is 0 Å². The Balaban J connectivity index is 1.48. The third-order valence-corrected chi connectivity index (χ3v) is 7.56. The van der Waals surface area contributed by atoms with Gasteiger partial charge in [-0.15, -0.1) is 0 Å². The van der Waals surface area contributed by atoms with Crippen molar-refractivity contribution >= 4 is 38.9 Å². The van der Waals surface area contributed by atoms with Gasteiger partial charge in [0.25, 0.3) is 0 Å². The van der Waals surface area contributed by atoms with Crippen molar-refractivity contribution in [1.29, 1.82) is 0 Å². The van der Waals surface area contributed by atoms with Gasteiger partial charge in [-0.3, -0.25) is 14.3 Å². The Kier molecular flexibility index (Phi) is 8.19. The fraction of sp³-hybridized carbons (Fsp3) is 0.207. The minimum atomic E-state index is -3.67. The predicted octanol–water partition coefficient (Wildman–Crippen LogP) is 4.52. The van der Waals surface area contributed by atoms with E-state index in [9.17, 15) is 22.4 Å². The van der Waals surface area contributed by atoms with E-state index in [2.05, 4.69) is 9.82 Å². The molecular formula is C29H27ClFN5O5S. The maximum Gasteiger partial charge on any atom is 0.316 e. The van der Waals surface area contributed by atoms with Crippen LogP contribution in [0.2, 0.25) is 5.02 Å². The molecule has 1 N–H and O–H groups in total. The second kappa shape index (κ2) is 11.8. The zero-order valence-electron chi connectivity index (χ0n) is 22.8. The van der Waals surface area contributed by atoms with E-state index in [1.165, 1.54) is 29.8 Å². The maximum atomic E-state index is 14.2. The predicted molar refractivity (Wildman–Crippen MR) is 160 cm³/mol. The normalized spacial score (nSPS) is 13.6. The van der Waals surface area contributed by atoms with Gasteiger partial charge in [0.2, 0.25) is 21.7 Å². The lowest BCUT2D eigenvalue weighted by atomic mass is 10.0. The van der Waals surface area contributed by atoms with Crippen molar-refractivity contribution in [2.75, 3.05) is 42.1 Å². The maximum absolute atomic E-state index is 14.2. The minimum Gasteiger partial charge on any atom is -0.449 e. The highest BCUT2D eigenvalue weighted by Crippen LogP contribution is 2.32. The Morgan fingerprint density at radius 1 is 0.976 bits per heavy atom. The fourth-order valence-electron chi connectivity index (χ4n) is 4.59. The van der Waals surface area contributed by atoms with E-state index in [1.807, 2.05) is 4.90 Å². The molecule has 0 spiro atoms. The SMILES string of the molecule is CC(=O)N1CCN(c2cnn(-c3ccc(Cl)cc3)c(=O)c2Oc2ccc(-c3ccc(F)c(NS(C)(=O)=O)c3)cc2)CC1. The molecule has 1 saturated heterocycles. The summed E-state index contributed by atoms with van der Waals surface area (Å²) in [6.45, 7) is 3.51. The molecule has 4 aromatic rings. The average molecular weight is 612 g/mol. The summed E-state index contributed by atoms with van der Waals surface area (Å²) in [7, 11) is -3.67. The fourth-order valence-corrected chi connectivity index (χ4v) is 5.28. The molecule has 1 aliphatic heterocycles. The lowest BCUT2D eigenvalue weighted by molar-refractivity contribution is -0.129. The number of halogens is 2. The van der Waals surface area contributed by atoms with Crippen molar-refractivity contribution < 1.29 is 22.3 Å². The third kappa shape index (κ3) is 6.55. The quantitative estimate of drug-likeness (QED) is 0.327. The van der Waals surface area contributed by atoms with Crippen molar-refractivity contribution in [2.45, 2.75) is 6.92 Å². The number of carbonyl (C=O) groups excluding carboxylic acids is 1. The summed E-state index contributed by atoms with van der Waals surface area (Å²) < 4.78 is 47.0. The Morgan fingerprint density at radius 2 is 1.62 bits per heavy atom. The van der Waals surface area contributed by atoms with Gasteiger partial charge in [0.1, 0.15) is 17.3 Å². The van der Waals surface area contributed by atoms with Crippen molar-refractivity contribution in [3.63, 3.8) is 0 Å². The van der Waals surface area contributed by atoms with Crippen LogP contribution in [0.15, 0.2) is 77.7 Å². The first-order chi connectivity index (χ1) is 20.0. The molecule has 0 atom stereocenters. The number of ether oxygens (including phenoxy) is 1. The highest BCUT2D eigenvalue weighted by Gasteiger charge is 2.25. The molecule has 10 nitrogen and oxygen atoms in total. The van der Waals surface area contributed by atoms with Gasteiger partial charge in [0, 0.05) is 38.1 Å². The standard InChI is InChI=1S/C29H27ClFN5O5S/c1-19(37)34-13-15-35(16-14-34)27-18-32-36(23-8-6-22(30)7-9-23)29(38)28(27)41-24-10-3-20(4-11-24)21-5-12-25(31)26(17-21)33-42(2,39)40/h3-12,17-18,33H,13-16H2,1-2H3. The monoisotopic (exact) mass is 611 g/mol. The average Bonchev–Trinajstić information content (AvgIpc) is 2.96. The van der Waals surface area contributed by atoms with Gasteiger partial charge in [-0.25, -0.2) is 12.8 Å². The number of hydrogen-bond donors (Lipinski definition) is 1. The van der Waals surface area contributed by atoms with Crippen LogP contribution in [-0.4, -0.2) is 61.4 Å². The van der Waals surface area contributed by atoms with E-state index in [1.54, 1.807) is 59.6 Å². The summed E-state index contributed by atoms with van der Waals surface area (Å²) in [4.78, 5) is 29.2. The number of carbonyl (C=O) groups is 1. The molecule has 1 aromatic heterocycles. The number of hydrogen-bond acceptors (Lipinski definition) is 7. The highest BCUT2D eigenvalue weighted by atomic mass is 35.5. The molecule has 0 aliphatic carbocycles. The number of benzene rings is 3. The van der Waals surface area contributed by atoms with E-state index >= 15 is 0 Å². The van der Waals surface area contributed by atoms with Crippen molar-refractivity contribution in [3.05, 3.63) is 94.1 Å². The van der Waals surface area contributed by atoms with Crippen LogP contribution in [0, 0.1) is 5.82 Å². The number of nitrogens with one attached hydrogen (secondary N) is 1. The second-order valence-electron chi connectivity index (χ2n) is 9.74. The molecule has 5 rings (SSSR count). The van der Waals surface area contributed by atoms with Crippen LogP contribution in [0.25, 0.3) is 16.8 Å². The highest BCUT2D eigenvalue weighted by molar-refractivity contribution is 7.92. The molecule has 2 heterocycles. The summed E-state index contributed by atoms with van der Waals surface area (Å²) in [5.74, 6) is -0.284. The first-order valence-electron chi connectivity index (χ1n) is 12.9. The van der Waals surface area contributed by atoms with E-state index in [0.717, 1.165) is 6.26 Å². The molecule has 1 aliphatic rings. The van der Waals surface area contributed by atoms with Crippen LogP contribution >= 0.6 is 11.6 Å². The topological polar surface area (TPSA) is 114 Å². The molecule has 0 saturated carbocycles. The van der Waals surface area contributed by atoms with Crippen molar-refractivity contribution in [1.82, 2.24) is 14.7 Å². The third-order valence-electron chi connectivity index (χ3n) is 6.72. The summed E-state index contributed by atoms with van der Waals surface area (Å²) >= 11 is 6.02. The van der Waals surface area contributed by atoms with Crippen molar-refractivity contribution in [2.24, 2.45) is 0 Å². The minimum absolute atomic E-state index is 0.0112. The molecule has 42 heavy (non-hydrogen) atoms. The van der Waals surface area contributed by atoms with Crippen LogP contribution in [0.3, 0.4) is 0 Å². The van der Waals surface area contributed by atoms with Crippen LogP contribution in [-0.2, 0) is 14.8 Å². The van der Waals surface area contributed by atoms with Gasteiger partial charge in [-0.2, -0.15) is 9.78 Å². The summed E-state index contributed by atoms with van der Waals surface area (Å²) in [5.41, 5.74) is 1.60. The Morgan fingerprint density at radius 3 is 2.24 bits per heavy atom. The number of aromatic nitrogens is 2. The van der Waals surface area contributed by atoms with Crippen molar-refractivity contribution in [3.8, 4) is 28.3 Å². The largest absolute Gasteiger partial charge is 0.449 e. The first-order valence-corrected chi connectivity index (χ1v) is 15.2. The smallest absolute Gasteiger partial charge is 0.316 e. The van der Waals surface area contributed by atoms with Crippen LogP contribution in [0.4, 0.5) is 15.8 Å². The molecular weight excluding hydrogens is 585 g/mol. The summed E-state index contributed by atoms with van der Waals surface area (Å²) in [5, 5.41) is 4.90. The number of amides is 1. The lowest BCUT2D eigenvalue weighted by Gasteiger charge is -2.35. The van der Waals surface area contributed by atoms with E-state index in [-0.39, 0.29) is 17.3 Å². The Labute approximate surface area is 247 Å². The van der Waals surface area contributed by atoms with Crippen LogP contribution < -0.4 is 19.9 Å². The number of anilines is 2. The first kappa shape index (κ1) is 29.1. The molecule has 0 unspecified atom stereocenters. The molecule has 218 valence electrons. The second-order valence-corrected chi connectivity index (χ2v) is 11.9. The Hall–Kier alpha value is -4.42. The van der Waals surface area contributed by atoms with E-state index in [0.29, 0.717) is 59.5 Å². The van der Waals surface area contributed by atoms with Crippen LogP contribution in [0.1, 0.15) is 6.92 Å². The van der Waals surface area contributed by atoms with Gasteiger partial charge < -0.3 is 14.5 Å². The lowest BCUT2D eigenvalue weighted by Crippen LogP contribution is -2.48. The molecule has 13 heteroatoms. The zero-order valence-corrected chi connectivity index (χ0v) is 24.3. The number of nitrogens with zero attached hydrogens (tertiary/aromatic N) is 4. The molecule has 1 fully saturated rings. The molecule has 3 aromatic carbocycles. The van der Waals surface area contributed by atoms with E-state index < -0.39 is 21.4 Å². The summed E-state index contributed by atoms with van der Waals surface area (Å²) in [6, 6.07) is 17.5.